The van der Waals surface area contributed by atoms with Crippen molar-refractivity contribution < 1.29 is 0 Å². The maximum absolute atomic E-state index is 2.52. The SMILES string of the molecule is [CH3][Sn]([CH3])([CH3])[CH2]Cn1c2ccccc2c2ccccc21. The molecule has 0 amide bonds. The minimum absolute atomic E-state index is 1.17. The van der Waals surface area contributed by atoms with Gasteiger partial charge in [0.1, 0.15) is 0 Å². The molecule has 0 N–H and O–H groups in total. The third-order valence-corrected chi connectivity index (χ3v) is 8.68. The van der Waals surface area contributed by atoms with Gasteiger partial charge in [0.15, 0.2) is 0 Å². The number of aryl methyl sites for hydroxylation is 1. The van der Waals surface area contributed by atoms with Gasteiger partial charge in [-0.05, 0) is 0 Å². The molecule has 0 saturated carbocycles. The van der Waals surface area contributed by atoms with E-state index in [2.05, 4.69) is 67.9 Å². The van der Waals surface area contributed by atoms with Crippen LogP contribution in [0, 0.1) is 0 Å². The molecular weight excluding hydrogens is 337 g/mol. The molecule has 0 unspecified atom stereocenters. The first kappa shape index (κ1) is 13.0. The quantitative estimate of drug-likeness (QED) is 0.572. The number of rotatable bonds is 3. The Kier molecular flexibility index (Phi) is 3.33. The van der Waals surface area contributed by atoms with E-state index >= 15 is 0 Å². The van der Waals surface area contributed by atoms with Crippen molar-refractivity contribution in [1.29, 1.82) is 0 Å². The standard InChI is InChI=1S/C14H12N.3CH3.Sn/c1-2-15-13-9-5-3-7-11(13)12-8-4-6-10-14(12)15;;;;/h3-10H,1-2H2;3*1H3;. The molecule has 2 heteroatoms. The Balaban J connectivity index is 2.19. The van der Waals surface area contributed by atoms with Crippen LogP contribution in [-0.2, 0) is 6.54 Å². The fraction of sp³-hybridized carbons (Fsp3) is 0.294. The Labute approximate surface area is 119 Å². The summed E-state index contributed by atoms with van der Waals surface area (Å²) in [5.74, 6) is 0. The van der Waals surface area contributed by atoms with E-state index in [0.717, 1.165) is 0 Å². The number of para-hydroxylation sites is 2. The summed E-state index contributed by atoms with van der Waals surface area (Å²) in [6, 6.07) is 17.6. The summed E-state index contributed by atoms with van der Waals surface area (Å²) in [7, 11) is 0. The van der Waals surface area contributed by atoms with Gasteiger partial charge in [0.25, 0.3) is 0 Å². The molecule has 1 heterocycles. The third-order valence-electron chi connectivity index (χ3n) is 3.77. The van der Waals surface area contributed by atoms with Gasteiger partial charge < -0.3 is 0 Å². The number of fused-ring (bicyclic) bond motifs is 3. The molecule has 0 atom stereocenters. The molecule has 0 saturated heterocycles. The van der Waals surface area contributed by atoms with E-state index in [9.17, 15) is 0 Å². The van der Waals surface area contributed by atoms with E-state index in [1.165, 1.54) is 32.8 Å². The fourth-order valence-corrected chi connectivity index (χ4v) is 5.24. The van der Waals surface area contributed by atoms with Crippen molar-refractivity contribution in [2.45, 2.75) is 25.8 Å². The molecular formula is C17H21NSn. The molecule has 2 aromatic carbocycles. The van der Waals surface area contributed by atoms with Crippen LogP contribution in [0.1, 0.15) is 0 Å². The zero-order chi connectivity index (χ0) is 13.5. The molecule has 0 aliphatic carbocycles. The number of aromatic nitrogens is 1. The maximum atomic E-state index is 2.52. The van der Waals surface area contributed by atoms with Crippen LogP contribution in [-0.4, -0.2) is 22.9 Å². The van der Waals surface area contributed by atoms with Crippen molar-refractivity contribution in [3.05, 3.63) is 48.5 Å². The number of hydrogen-bond donors (Lipinski definition) is 0. The summed E-state index contributed by atoms with van der Waals surface area (Å²) in [5, 5.41) is 2.78. The second-order valence-electron chi connectivity index (χ2n) is 6.50. The summed E-state index contributed by atoms with van der Waals surface area (Å²) >= 11 is -1.71. The zero-order valence-corrected chi connectivity index (χ0v) is 14.8. The van der Waals surface area contributed by atoms with Crippen molar-refractivity contribution in [1.82, 2.24) is 4.57 Å². The number of benzene rings is 2. The average molecular weight is 358 g/mol. The molecule has 3 rings (SSSR count). The Bertz CT molecular complexity index is 666. The Morgan fingerprint density at radius 3 is 1.74 bits per heavy atom. The predicted octanol–water partition coefficient (Wildman–Crippen LogP) is 5.13. The van der Waals surface area contributed by atoms with Gasteiger partial charge in [-0.2, -0.15) is 0 Å². The molecule has 0 aliphatic heterocycles. The van der Waals surface area contributed by atoms with Gasteiger partial charge in [0.2, 0.25) is 0 Å². The van der Waals surface area contributed by atoms with Crippen LogP contribution in [0.4, 0.5) is 0 Å². The van der Waals surface area contributed by atoms with E-state index in [-0.39, 0.29) is 0 Å². The van der Waals surface area contributed by atoms with E-state index in [1.54, 1.807) is 0 Å². The van der Waals surface area contributed by atoms with Crippen molar-refractivity contribution in [2.24, 2.45) is 0 Å². The van der Waals surface area contributed by atoms with Crippen LogP contribution >= 0.6 is 0 Å². The zero-order valence-electron chi connectivity index (χ0n) is 12.0. The molecule has 0 bridgehead atoms. The summed E-state index contributed by atoms with van der Waals surface area (Å²) in [6.07, 6.45) is 0. The van der Waals surface area contributed by atoms with Gasteiger partial charge in [-0.1, -0.05) is 0 Å². The summed E-state index contributed by atoms with van der Waals surface area (Å²) in [6.45, 7) is 1.17. The van der Waals surface area contributed by atoms with Crippen LogP contribution in [0.3, 0.4) is 0 Å². The molecule has 98 valence electrons. The van der Waals surface area contributed by atoms with Gasteiger partial charge in [-0.25, -0.2) is 0 Å². The molecule has 0 fully saturated rings. The summed E-state index contributed by atoms with van der Waals surface area (Å²) in [4.78, 5) is 7.55. The second-order valence-corrected chi connectivity index (χ2v) is 22.5. The van der Waals surface area contributed by atoms with Crippen molar-refractivity contribution in [3.8, 4) is 0 Å². The van der Waals surface area contributed by atoms with E-state index in [4.69, 9.17) is 0 Å². The molecule has 0 radical (unpaired) electrons. The predicted molar refractivity (Wildman–Crippen MR) is 87.6 cm³/mol. The van der Waals surface area contributed by atoms with Gasteiger partial charge in [-0.3, -0.25) is 0 Å². The van der Waals surface area contributed by atoms with Gasteiger partial charge in [0, 0.05) is 0 Å². The van der Waals surface area contributed by atoms with Gasteiger partial charge in [0.05, 0.1) is 0 Å². The fourth-order valence-electron chi connectivity index (χ4n) is 2.69. The first-order chi connectivity index (χ1) is 9.06. The Morgan fingerprint density at radius 2 is 1.26 bits per heavy atom. The van der Waals surface area contributed by atoms with Gasteiger partial charge in [-0.15, -0.1) is 0 Å². The van der Waals surface area contributed by atoms with E-state index in [1.807, 2.05) is 0 Å². The molecule has 1 nitrogen and oxygen atoms in total. The van der Waals surface area contributed by atoms with Crippen LogP contribution in [0.2, 0.25) is 19.3 Å². The van der Waals surface area contributed by atoms with Crippen LogP contribution in [0.5, 0.6) is 0 Å². The third kappa shape index (κ3) is 2.53. The molecule has 3 aromatic rings. The van der Waals surface area contributed by atoms with Gasteiger partial charge >= 0.3 is 119 Å². The Morgan fingerprint density at radius 1 is 0.789 bits per heavy atom. The van der Waals surface area contributed by atoms with Crippen LogP contribution < -0.4 is 0 Å². The van der Waals surface area contributed by atoms with E-state index in [0.29, 0.717) is 0 Å². The number of nitrogens with zero attached hydrogens (tertiary/aromatic N) is 1. The monoisotopic (exact) mass is 359 g/mol. The second kappa shape index (κ2) is 4.86. The number of hydrogen-bond acceptors (Lipinski definition) is 0. The molecule has 0 aliphatic rings. The molecule has 1 aromatic heterocycles. The van der Waals surface area contributed by atoms with Crippen LogP contribution in [0.15, 0.2) is 48.5 Å². The molecule has 19 heavy (non-hydrogen) atoms. The minimum atomic E-state index is -1.71. The first-order valence-electron chi connectivity index (χ1n) is 7.02. The van der Waals surface area contributed by atoms with Crippen molar-refractivity contribution in [3.63, 3.8) is 0 Å². The average Bonchev–Trinajstić information content (AvgIpc) is 2.70. The Hall–Kier alpha value is -0.961. The topological polar surface area (TPSA) is 4.93 Å². The van der Waals surface area contributed by atoms with Crippen LogP contribution in [0.25, 0.3) is 21.8 Å². The van der Waals surface area contributed by atoms with Crippen molar-refractivity contribution >= 4 is 40.2 Å². The van der Waals surface area contributed by atoms with E-state index < -0.39 is 18.4 Å². The summed E-state index contributed by atoms with van der Waals surface area (Å²) in [5.41, 5.74) is 2.78. The van der Waals surface area contributed by atoms with Crippen molar-refractivity contribution in [2.75, 3.05) is 0 Å². The summed E-state index contributed by atoms with van der Waals surface area (Å²) < 4.78 is 3.92. The molecule has 0 spiro atoms. The normalized spacial score (nSPS) is 12.4. The first-order valence-corrected chi connectivity index (χ1v) is 17.6.